The van der Waals surface area contributed by atoms with Gasteiger partial charge in [-0.1, -0.05) is 6.07 Å². The number of hydrogen-bond donors (Lipinski definition) is 4. The third kappa shape index (κ3) is 5.71. The molecule has 1 aromatic rings. The second-order valence-electron chi connectivity index (χ2n) is 4.73. The number of anilines is 1. The zero-order chi connectivity index (χ0) is 15.0. The van der Waals surface area contributed by atoms with E-state index >= 15 is 0 Å². The van der Waals surface area contributed by atoms with Crippen LogP contribution in [0.2, 0.25) is 0 Å². The van der Waals surface area contributed by atoms with E-state index in [0.29, 0.717) is 24.3 Å². The molecule has 0 heterocycles. The molecule has 1 aromatic carbocycles. The Bertz CT molecular complexity index is 460. The molecule has 0 atom stereocenters. The van der Waals surface area contributed by atoms with Gasteiger partial charge in [0, 0.05) is 23.8 Å². The van der Waals surface area contributed by atoms with Crippen LogP contribution in [0, 0.1) is 0 Å². The molecule has 0 spiro atoms. The summed E-state index contributed by atoms with van der Waals surface area (Å²) in [6.07, 6.45) is 0.737. The van der Waals surface area contributed by atoms with Gasteiger partial charge in [-0.05, 0) is 45.0 Å². The number of amides is 3. The molecule has 0 fully saturated rings. The summed E-state index contributed by atoms with van der Waals surface area (Å²) in [4.78, 5) is 23.4. The van der Waals surface area contributed by atoms with Gasteiger partial charge in [-0.3, -0.25) is 4.79 Å². The van der Waals surface area contributed by atoms with Crippen molar-refractivity contribution in [1.82, 2.24) is 10.6 Å². The molecular weight excluding hydrogens is 256 g/mol. The molecule has 6 heteroatoms. The van der Waals surface area contributed by atoms with E-state index in [-0.39, 0.29) is 18.0 Å². The predicted octanol–water partition coefficient (Wildman–Crippen LogP) is 1.30. The Kier molecular flexibility index (Phi) is 6.52. The van der Waals surface area contributed by atoms with E-state index in [1.54, 1.807) is 24.3 Å². The van der Waals surface area contributed by atoms with Gasteiger partial charge in [-0.15, -0.1) is 0 Å². The summed E-state index contributed by atoms with van der Waals surface area (Å²) in [5.41, 5.74) is 6.45. The molecule has 20 heavy (non-hydrogen) atoms. The molecule has 3 amide bonds. The average molecular weight is 278 g/mol. The average Bonchev–Trinajstić information content (AvgIpc) is 2.38. The maximum absolute atomic E-state index is 11.9. The van der Waals surface area contributed by atoms with Crippen LogP contribution < -0.4 is 21.7 Å². The van der Waals surface area contributed by atoms with Crippen molar-refractivity contribution in [2.45, 2.75) is 26.3 Å². The van der Waals surface area contributed by atoms with Crippen LogP contribution in [0.4, 0.5) is 10.5 Å². The van der Waals surface area contributed by atoms with Gasteiger partial charge in [0.05, 0.1) is 0 Å². The number of urea groups is 1. The number of hydrogen-bond acceptors (Lipinski definition) is 3. The highest BCUT2D eigenvalue weighted by molar-refractivity contribution is 5.96. The monoisotopic (exact) mass is 278 g/mol. The van der Waals surface area contributed by atoms with E-state index in [9.17, 15) is 9.59 Å². The molecule has 0 radical (unpaired) electrons. The topological polar surface area (TPSA) is 96.2 Å². The van der Waals surface area contributed by atoms with Crippen molar-refractivity contribution >= 4 is 17.6 Å². The number of rotatable bonds is 6. The maximum atomic E-state index is 11.9. The van der Waals surface area contributed by atoms with Gasteiger partial charge in [0.25, 0.3) is 5.91 Å². The van der Waals surface area contributed by atoms with Crippen molar-refractivity contribution in [3.63, 3.8) is 0 Å². The molecule has 0 aliphatic heterocycles. The summed E-state index contributed by atoms with van der Waals surface area (Å²) in [5.74, 6) is -0.175. The van der Waals surface area contributed by atoms with Crippen LogP contribution in [0.25, 0.3) is 0 Å². The molecule has 0 aromatic heterocycles. The number of carbonyl (C=O) groups excluding carboxylic acids is 2. The summed E-state index contributed by atoms with van der Waals surface area (Å²) in [6.45, 7) is 4.83. The molecular formula is C14H22N4O2. The second kappa shape index (κ2) is 8.16. The van der Waals surface area contributed by atoms with Crippen molar-refractivity contribution in [3.8, 4) is 0 Å². The van der Waals surface area contributed by atoms with E-state index < -0.39 is 0 Å². The first-order valence-corrected chi connectivity index (χ1v) is 6.68. The molecule has 0 aliphatic rings. The Morgan fingerprint density at radius 2 is 2.05 bits per heavy atom. The highest BCUT2D eigenvalue weighted by Crippen LogP contribution is 2.10. The van der Waals surface area contributed by atoms with Crippen LogP contribution in [0.15, 0.2) is 24.3 Å². The third-order valence-corrected chi connectivity index (χ3v) is 2.47. The molecule has 6 nitrogen and oxygen atoms in total. The Hall–Kier alpha value is -2.08. The summed E-state index contributed by atoms with van der Waals surface area (Å²) in [5, 5.41) is 8.17. The van der Waals surface area contributed by atoms with Crippen LogP contribution in [-0.4, -0.2) is 31.1 Å². The van der Waals surface area contributed by atoms with Crippen LogP contribution in [0.5, 0.6) is 0 Å². The summed E-state index contributed by atoms with van der Waals surface area (Å²) in [6, 6.07) is 6.55. The Morgan fingerprint density at radius 3 is 2.70 bits per heavy atom. The van der Waals surface area contributed by atoms with Gasteiger partial charge >= 0.3 is 6.03 Å². The zero-order valence-electron chi connectivity index (χ0n) is 11.9. The van der Waals surface area contributed by atoms with Gasteiger partial charge < -0.3 is 21.7 Å². The van der Waals surface area contributed by atoms with Crippen molar-refractivity contribution in [2.24, 2.45) is 5.73 Å². The fourth-order valence-corrected chi connectivity index (χ4v) is 1.57. The van der Waals surface area contributed by atoms with Crippen molar-refractivity contribution in [3.05, 3.63) is 29.8 Å². The largest absolute Gasteiger partial charge is 0.352 e. The fraction of sp³-hybridized carbons (Fsp3) is 0.429. The van der Waals surface area contributed by atoms with Crippen LogP contribution in [0.3, 0.4) is 0 Å². The normalized spacial score (nSPS) is 10.2. The Morgan fingerprint density at radius 1 is 1.30 bits per heavy atom. The van der Waals surface area contributed by atoms with Gasteiger partial charge in [0.15, 0.2) is 0 Å². The van der Waals surface area contributed by atoms with Crippen LogP contribution in [0.1, 0.15) is 30.6 Å². The standard InChI is InChI=1S/C14H22N4O2/c1-10(2)17-14(20)18-12-6-3-5-11(9-12)13(19)16-8-4-7-15/h3,5-6,9-10H,4,7-8,15H2,1-2H3,(H,16,19)(H2,17,18,20). The molecule has 0 unspecified atom stereocenters. The third-order valence-electron chi connectivity index (χ3n) is 2.47. The lowest BCUT2D eigenvalue weighted by Crippen LogP contribution is -2.34. The first-order chi connectivity index (χ1) is 9.52. The highest BCUT2D eigenvalue weighted by atomic mass is 16.2. The minimum absolute atomic E-state index is 0.0535. The molecule has 0 aliphatic carbocycles. The van der Waals surface area contributed by atoms with E-state index in [0.717, 1.165) is 6.42 Å². The SMILES string of the molecule is CC(C)NC(=O)Nc1cccc(C(=O)NCCCN)c1. The molecule has 0 saturated heterocycles. The fourth-order valence-electron chi connectivity index (χ4n) is 1.57. The molecule has 110 valence electrons. The molecule has 0 saturated carbocycles. The predicted molar refractivity (Wildman–Crippen MR) is 79.7 cm³/mol. The van der Waals surface area contributed by atoms with Crippen molar-refractivity contribution < 1.29 is 9.59 Å². The lowest BCUT2D eigenvalue weighted by molar-refractivity contribution is 0.0953. The zero-order valence-corrected chi connectivity index (χ0v) is 11.9. The maximum Gasteiger partial charge on any atom is 0.319 e. The number of nitrogens with one attached hydrogen (secondary N) is 3. The lowest BCUT2D eigenvalue weighted by atomic mass is 10.2. The Balaban J connectivity index is 2.61. The number of nitrogens with two attached hydrogens (primary N) is 1. The quantitative estimate of drug-likeness (QED) is 0.590. The van der Waals surface area contributed by atoms with E-state index in [1.807, 2.05) is 13.8 Å². The lowest BCUT2D eigenvalue weighted by Gasteiger charge is -2.11. The van der Waals surface area contributed by atoms with Crippen LogP contribution in [-0.2, 0) is 0 Å². The van der Waals surface area contributed by atoms with Crippen LogP contribution >= 0.6 is 0 Å². The first kappa shape index (κ1) is 16.0. The first-order valence-electron chi connectivity index (χ1n) is 6.68. The highest BCUT2D eigenvalue weighted by Gasteiger charge is 2.07. The van der Waals surface area contributed by atoms with E-state index in [4.69, 9.17) is 5.73 Å². The van der Waals surface area contributed by atoms with E-state index in [1.165, 1.54) is 0 Å². The summed E-state index contributed by atoms with van der Waals surface area (Å²) in [7, 11) is 0. The smallest absolute Gasteiger partial charge is 0.319 e. The van der Waals surface area contributed by atoms with Gasteiger partial charge in [0.2, 0.25) is 0 Å². The summed E-state index contributed by atoms with van der Waals surface area (Å²) >= 11 is 0. The van der Waals surface area contributed by atoms with Crippen molar-refractivity contribution in [1.29, 1.82) is 0 Å². The minimum Gasteiger partial charge on any atom is -0.352 e. The van der Waals surface area contributed by atoms with Gasteiger partial charge in [0.1, 0.15) is 0 Å². The van der Waals surface area contributed by atoms with E-state index in [2.05, 4.69) is 16.0 Å². The molecule has 0 bridgehead atoms. The minimum atomic E-state index is -0.291. The van der Waals surface area contributed by atoms with Crippen molar-refractivity contribution in [2.75, 3.05) is 18.4 Å². The summed E-state index contributed by atoms with van der Waals surface area (Å²) < 4.78 is 0. The molecule has 5 N–H and O–H groups in total. The Labute approximate surface area is 119 Å². The number of benzene rings is 1. The molecule has 1 rings (SSSR count). The van der Waals surface area contributed by atoms with Gasteiger partial charge in [-0.2, -0.15) is 0 Å². The van der Waals surface area contributed by atoms with Gasteiger partial charge in [-0.25, -0.2) is 4.79 Å². The second-order valence-corrected chi connectivity index (χ2v) is 4.73. The number of carbonyl (C=O) groups is 2.